The van der Waals surface area contributed by atoms with Gasteiger partial charge in [-0.1, -0.05) is 0 Å². The maximum Gasteiger partial charge on any atom is 0.410 e. The van der Waals surface area contributed by atoms with E-state index < -0.39 is 17.2 Å². The van der Waals surface area contributed by atoms with Gasteiger partial charge < -0.3 is 79.5 Å². The summed E-state index contributed by atoms with van der Waals surface area (Å²) >= 11 is 0. The summed E-state index contributed by atoms with van der Waals surface area (Å²) in [6.07, 6.45) is 30.9. The van der Waals surface area contributed by atoms with Gasteiger partial charge in [-0.05, 0) is 272 Å². The maximum absolute atomic E-state index is 13.0. The van der Waals surface area contributed by atoms with Crippen LogP contribution in [0.1, 0.15) is 186 Å². The number of rotatable bonds is 16. The number of hydrogen-bond acceptors (Lipinski definition) is 21. The lowest BCUT2D eigenvalue weighted by atomic mass is 9.81. The Labute approximate surface area is 722 Å². The van der Waals surface area contributed by atoms with Gasteiger partial charge in [0.05, 0.1) is 11.5 Å². The molecule has 29 heteroatoms. The van der Waals surface area contributed by atoms with E-state index in [-0.39, 0.29) is 53.0 Å². The molecule has 8 heterocycles. The van der Waals surface area contributed by atoms with Crippen molar-refractivity contribution in [3.63, 3.8) is 0 Å². The van der Waals surface area contributed by atoms with Crippen molar-refractivity contribution in [1.82, 2.24) is 65.3 Å². The van der Waals surface area contributed by atoms with Crippen LogP contribution in [0.5, 0.6) is 0 Å². The fraction of sp³-hybridized carbons (Fsp3) is 0.696. The molecule has 4 aliphatic heterocycles. The highest BCUT2D eigenvalue weighted by atomic mass is 16.6. The van der Waals surface area contributed by atoms with Gasteiger partial charge in [0.2, 0.25) is 23.8 Å². The van der Waals surface area contributed by atoms with Crippen LogP contribution in [0.2, 0.25) is 0 Å². The second-order valence-electron chi connectivity index (χ2n) is 37.9. The van der Waals surface area contributed by atoms with Gasteiger partial charge in [0.25, 0.3) is 0 Å². The summed E-state index contributed by atoms with van der Waals surface area (Å²) in [5.41, 5.74) is 3.41. The van der Waals surface area contributed by atoms with E-state index in [9.17, 15) is 38.4 Å². The van der Waals surface area contributed by atoms with Crippen molar-refractivity contribution >= 4 is 70.7 Å². The Bertz CT molecular complexity index is 3620. The average Bonchev–Trinajstić information content (AvgIpc) is 0.837. The van der Waals surface area contributed by atoms with Crippen LogP contribution in [0.3, 0.4) is 0 Å². The van der Waals surface area contributed by atoms with Crippen molar-refractivity contribution in [3.8, 4) is 0 Å². The molecule has 121 heavy (non-hydrogen) atoms. The second kappa shape index (κ2) is 49.2. The van der Waals surface area contributed by atoms with Gasteiger partial charge in [-0.25, -0.2) is 24.2 Å². The van der Waals surface area contributed by atoms with E-state index in [1.807, 2.05) is 193 Å². The molecule has 0 bridgehead atoms. The van der Waals surface area contributed by atoms with Crippen LogP contribution in [0.4, 0.5) is 37.1 Å². The number of urea groups is 1. The van der Waals surface area contributed by atoms with Crippen molar-refractivity contribution in [2.24, 2.45) is 52.3 Å². The number of nitrogens with one attached hydrogen (secondary N) is 3. The minimum absolute atomic E-state index is 0.0206. The molecule has 4 aromatic heterocycles. The topological polar surface area (TPSA) is 308 Å². The molecule has 7 amide bonds. The first-order valence-electron chi connectivity index (χ1n) is 44.5. The van der Waals surface area contributed by atoms with Crippen molar-refractivity contribution in [2.75, 3.05) is 179 Å². The predicted molar refractivity (Wildman–Crippen MR) is 478 cm³/mol. The Balaban J connectivity index is 0.000000209. The number of hydrogen-bond donors (Lipinski definition) is 4. The normalized spacial score (nSPS) is 22.1. The minimum Gasteiger partial charge on any atom is -0.481 e. The van der Waals surface area contributed by atoms with Crippen molar-refractivity contribution in [2.45, 2.75) is 208 Å². The summed E-state index contributed by atoms with van der Waals surface area (Å²) in [6, 6.07) is 16.3. The number of amides is 7. The molecule has 0 spiro atoms. The van der Waals surface area contributed by atoms with Crippen LogP contribution >= 0.6 is 0 Å². The number of anilines is 4. The zero-order valence-corrected chi connectivity index (χ0v) is 76.1. The van der Waals surface area contributed by atoms with Crippen LogP contribution in [0.15, 0.2) is 103 Å². The van der Waals surface area contributed by atoms with Gasteiger partial charge in [-0.2, -0.15) is 0 Å². The fourth-order valence-corrected chi connectivity index (χ4v) is 16.8. The Hall–Kier alpha value is -9.21. The lowest BCUT2D eigenvalue weighted by Gasteiger charge is -2.39. The number of aliphatic imine (C=N–C) groups is 1. The third kappa shape index (κ3) is 36.0. The number of piperazine rings is 4. The Morgan fingerprint density at radius 3 is 0.942 bits per heavy atom. The Morgan fingerprint density at radius 1 is 0.421 bits per heavy atom. The molecule has 8 fully saturated rings. The predicted octanol–water partition coefficient (Wildman–Crippen LogP) is 12.5. The number of aliphatic carboxylic acids is 1. The molecular formula is C92H148N18O11. The number of ether oxygens (including phenoxy) is 2. The summed E-state index contributed by atoms with van der Waals surface area (Å²) < 4.78 is 10.7. The molecule has 0 aromatic carbocycles. The maximum atomic E-state index is 13.0. The largest absolute Gasteiger partial charge is 0.481 e. The molecule has 4 saturated carbocycles. The van der Waals surface area contributed by atoms with Crippen LogP contribution in [0.25, 0.3) is 0 Å². The lowest BCUT2D eigenvalue weighted by molar-refractivity contribution is -0.143. The first kappa shape index (κ1) is 98.9. The van der Waals surface area contributed by atoms with Crippen LogP contribution in [-0.2, 0) is 33.4 Å². The molecule has 0 atom stereocenters. The number of carboxylic acids is 1. The number of carbonyl (C=O) groups is 7. The summed E-state index contributed by atoms with van der Waals surface area (Å²) in [5.74, 6) is 2.71. The van der Waals surface area contributed by atoms with Gasteiger partial charge in [-0.3, -0.25) is 39.1 Å². The zero-order chi connectivity index (χ0) is 88.3. The number of pyridine rings is 4. The van der Waals surface area contributed by atoms with Crippen LogP contribution in [-0.4, -0.2) is 284 Å². The fourth-order valence-electron chi connectivity index (χ4n) is 16.8. The van der Waals surface area contributed by atoms with Crippen LogP contribution in [0, 0.1) is 47.3 Å². The molecule has 4 N–H and O–H groups in total. The number of carbonyl (C=O) groups excluding carboxylic acids is 7. The standard InChI is InChI=1S/C23H37N5O2.C23H36N4O3.C18H28N4O.C14H25NO4.C9H13N3.C5H9NO/c1-23(2,3)25-22(30)26(4)17-18-5-7-19(8-6-18)21(29)28-15-13-27(14-16-28)20-9-11-24-12-10-20;1-23(2,3)30-22(29)25(4)17-18-5-7-19(8-6-18)21(28)27-15-13-26(14-16-27)20-9-11-24-12-10-20;1-19-14-15-2-4-16(5-3-15)18(23)22-12-10-21(11-13-22)17-6-8-20-9-7-17;1-14(2,3)19-13(18)15(4)9-10-5-7-11(8-6-10)12(16)17;1-3-10-4-2-9(1)12-7-5-11-6-8-12;1-5(2,3)6-4-7/h9-12,18-19H,5-8,13-17H2,1-4H3,(H,25,30);9-12,18-19H,5-8,13-17H2,1-4H3;6-9,15-16,19H,2-5,10-14H2,1H3;10-11H,5-9H2,1-4H3,(H,16,17);1-4,11H,5-8H2;1-3H3. The number of aromatic nitrogens is 4. The Kier molecular flexibility index (Phi) is 40.2. The molecule has 4 aliphatic carbocycles. The third-order valence-corrected chi connectivity index (χ3v) is 23.5. The smallest absolute Gasteiger partial charge is 0.410 e. The summed E-state index contributed by atoms with van der Waals surface area (Å²) in [6.45, 7) is 40.4. The van der Waals surface area contributed by atoms with E-state index in [1.54, 1.807) is 28.8 Å². The van der Waals surface area contributed by atoms with Crippen molar-refractivity contribution < 1.29 is 52.9 Å². The van der Waals surface area contributed by atoms with E-state index >= 15 is 0 Å². The lowest BCUT2D eigenvalue weighted by Crippen LogP contribution is -2.51. The SMILES string of the molecule is CC(C)(C)N=C=O.CN(CC1CCC(C(=O)N2CCN(c3ccncc3)CC2)CC1)C(=O)NC(C)(C)C.CN(CC1CCC(C(=O)N2CCN(c3ccncc3)CC2)CC1)C(=O)OC(C)(C)C.CN(CC1CCC(C(=O)O)CC1)C(=O)OC(C)(C)C.CNCC1CCC(C(=O)N2CCN(c3ccncc3)CC2)CC1.c1cc(N2CCNCC2)ccn1. The van der Waals surface area contributed by atoms with E-state index in [0.29, 0.717) is 61.4 Å². The summed E-state index contributed by atoms with van der Waals surface area (Å²) in [4.78, 5) is 136. The zero-order valence-electron chi connectivity index (χ0n) is 76.1. The molecule has 29 nitrogen and oxygen atoms in total. The van der Waals surface area contributed by atoms with Crippen molar-refractivity contribution in [1.29, 1.82) is 0 Å². The molecule has 12 rings (SSSR count). The van der Waals surface area contributed by atoms with E-state index in [1.165, 1.54) is 41.7 Å². The molecule has 4 aromatic rings. The quantitative estimate of drug-likeness (QED) is 0.0598. The first-order chi connectivity index (χ1) is 57.4. The van der Waals surface area contributed by atoms with Crippen molar-refractivity contribution in [3.05, 3.63) is 98.1 Å². The van der Waals surface area contributed by atoms with Gasteiger partial charge in [0, 0.05) is 241 Å². The average molecular weight is 1680 g/mol. The monoisotopic (exact) mass is 1680 g/mol. The second-order valence-corrected chi connectivity index (χ2v) is 37.9. The minimum atomic E-state index is -0.695. The van der Waals surface area contributed by atoms with E-state index in [2.05, 4.69) is 77.5 Å². The van der Waals surface area contributed by atoms with Gasteiger partial charge in [-0.15, -0.1) is 0 Å². The molecule has 672 valence electrons. The first-order valence-corrected chi connectivity index (χ1v) is 44.5. The van der Waals surface area contributed by atoms with E-state index in [0.717, 1.165) is 201 Å². The van der Waals surface area contributed by atoms with E-state index in [4.69, 9.17) is 14.6 Å². The molecule has 0 radical (unpaired) electrons. The summed E-state index contributed by atoms with van der Waals surface area (Å²) in [7, 11) is 7.41. The highest BCUT2D eigenvalue weighted by Crippen LogP contribution is 2.35. The van der Waals surface area contributed by atoms with Gasteiger partial charge in [0.15, 0.2) is 0 Å². The van der Waals surface area contributed by atoms with Gasteiger partial charge >= 0.3 is 24.2 Å². The number of carboxylic acid groups (broad SMARTS) is 1. The number of nitrogens with zero attached hydrogens (tertiary/aromatic N) is 15. The molecular weight excluding hydrogens is 1530 g/mol. The molecule has 0 unspecified atom stereocenters. The Morgan fingerprint density at radius 2 is 0.694 bits per heavy atom. The van der Waals surface area contributed by atoms with Crippen LogP contribution < -0.4 is 35.6 Å². The molecule has 8 aliphatic rings. The highest BCUT2D eigenvalue weighted by molar-refractivity contribution is 5.81. The summed E-state index contributed by atoms with van der Waals surface area (Å²) in [5, 5.41) is 18.5. The van der Waals surface area contributed by atoms with Gasteiger partial charge in [0.1, 0.15) is 11.2 Å². The molecule has 4 saturated heterocycles. The number of isocyanates is 1. The third-order valence-electron chi connectivity index (χ3n) is 23.5. The highest BCUT2D eigenvalue weighted by Gasteiger charge is 2.37.